The molecule has 1 fully saturated rings. The Kier molecular flexibility index (Phi) is 3.94. The number of nitrogens with two attached hydrogens (primary N) is 1. The standard InChI is InChI=1S/C14H20N2O2S/c1-14(2)9-16(4-5-19-14)13(17)10-6-11(15)8-12(7-10)18-3/h6-8H,4-5,9,15H2,1-3H3. The minimum Gasteiger partial charge on any atom is -0.497 e. The molecule has 2 N–H and O–H groups in total. The van der Waals surface area contributed by atoms with Crippen LogP contribution in [0.15, 0.2) is 18.2 Å². The molecule has 0 bridgehead atoms. The molecule has 4 nitrogen and oxygen atoms in total. The van der Waals surface area contributed by atoms with Gasteiger partial charge < -0.3 is 15.4 Å². The Balaban J connectivity index is 2.21. The maximum Gasteiger partial charge on any atom is 0.254 e. The Labute approximate surface area is 118 Å². The van der Waals surface area contributed by atoms with Gasteiger partial charge in [0, 0.05) is 40.9 Å². The molecule has 1 aromatic rings. The smallest absolute Gasteiger partial charge is 0.254 e. The number of ether oxygens (including phenoxy) is 1. The van der Waals surface area contributed by atoms with Crippen LogP contribution in [0.3, 0.4) is 0 Å². The van der Waals surface area contributed by atoms with E-state index in [9.17, 15) is 4.79 Å². The van der Waals surface area contributed by atoms with E-state index in [1.54, 1.807) is 25.3 Å². The number of hydrogen-bond acceptors (Lipinski definition) is 4. The van der Waals surface area contributed by atoms with Crippen LogP contribution in [0.4, 0.5) is 5.69 Å². The maximum atomic E-state index is 12.5. The second-order valence-corrected chi connectivity index (χ2v) is 7.13. The van der Waals surface area contributed by atoms with Crippen LogP contribution in [0, 0.1) is 0 Å². The third-order valence-corrected chi connectivity index (χ3v) is 4.42. The summed E-state index contributed by atoms with van der Waals surface area (Å²) in [6.45, 7) is 5.87. The van der Waals surface area contributed by atoms with Crippen LogP contribution in [0.25, 0.3) is 0 Å². The summed E-state index contributed by atoms with van der Waals surface area (Å²) in [5, 5.41) is 0. The summed E-state index contributed by atoms with van der Waals surface area (Å²) in [5.41, 5.74) is 6.95. The molecule has 1 amide bonds. The van der Waals surface area contributed by atoms with E-state index in [1.165, 1.54) is 0 Å². The van der Waals surface area contributed by atoms with Crippen LogP contribution in [0.5, 0.6) is 5.75 Å². The van der Waals surface area contributed by atoms with E-state index < -0.39 is 0 Å². The zero-order valence-corrected chi connectivity index (χ0v) is 12.4. The molecule has 5 heteroatoms. The van der Waals surface area contributed by atoms with Gasteiger partial charge in [0.15, 0.2) is 0 Å². The highest BCUT2D eigenvalue weighted by Gasteiger charge is 2.30. The van der Waals surface area contributed by atoms with Crippen molar-refractivity contribution >= 4 is 23.4 Å². The molecule has 1 aliphatic rings. The fourth-order valence-corrected chi connectivity index (χ4v) is 3.35. The normalized spacial score (nSPS) is 18.2. The van der Waals surface area contributed by atoms with Gasteiger partial charge in [0.25, 0.3) is 5.91 Å². The van der Waals surface area contributed by atoms with E-state index >= 15 is 0 Å². The lowest BCUT2D eigenvalue weighted by Gasteiger charge is -2.37. The largest absolute Gasteiger partial charge is 0.497 e. The molecule has 0 atom stereocenters. The quantitative estimate of drug-likeness (QED) is 0.844. The predicted octanol–water partition coefficient (Wildman–Crippen LogP) is 2.25. The first kappa shape index (κ1) is 14.1. The van der Waals surface area contributed by atoms with Crippen LogP contribution in [0.1, 0.15) is 24.2 Å². The Morgan fingerprint density at radius 3 is 2.79 bits per heavy atom. The number of nitrogens with zero attached hydrogens (tertiary/aromatic N) is 1. The molecule has 0 aliphatic carbocycles. The van der Waals surface area contributed by atoms with Crippen molar-refractivity contribution in [3.8, 4) is 5.75 Å². The number of carbonyl (C=O) groups excluding carboxylic acids is 1. The van der Waals surface area contributed by atoms with Crippen LogP contribution < -0.4 is 10.5 Å². The fraction of sp³-hybridized carbons (Fsp3) is 0.500. The Hall–Kier alpha value is -1.36. The Bertz CT molecular complexity index is 488. The molecule has 1 saturated heterocycles. The lowest BCUT2D eigenvalue weighted by atomic mass is 10.1. The van der Waals surface area contributed by atoms with Crippen molar-refractivity contribution in [1.82, 2.24) is 4.90 Å². The van der Waals surface area contributed by atoms with Crippen molar-refractivity contribution in [2.45, 2.75) is 18.6 Å². The summed E-state index contributed by atoms with van der Waals surface area (Å²) in [4.78, 5) is 14.4. The molecule has 0 spiro atoms. The number of benzene rings is 1. The van der Waals surface area contributed by atoms with Crippen molar-refractivity contribution < 1.29 is 9.53 Å². The summed E-state index contributed by atoms with van der Waals surface area (Å²) in [7, 11) is 1.57. The molecule has 1 heterocycles. The molecule has 2 rings (SSSR count). The average Bonchev–Trinajstić information content (AvgIpc) is 2.35. The van der Waals surface area contributed by atoms with Gasteiger partial charge in [0.05, 0.1) is 7.11 Å². The number of thioether (sulfide) groups is 1. The summed E-state index contributed by atoms with van der Waals surface area (Å²) in [5.74, 6) is 1.62. The Morgan fingerprint density at radius 2 is 2.16 bits per heavy atom. The number of methoxy groups -OCH3 is 1. The zero-order valence-electron chi connectivity index (χ0n) is 11.6. The molecule has 0 saturated carbocycles. The van der Waals surface area contributed by atoms with E-state index in [0.717, 1.165) is 18.8 Å². The molecular formula is C14H20N2O2S. The van der Waals surface area contributed by atoms with E-state index in [4.69, 9.17) is 10.5 Å². The van der Waals surface area contributed by atoms with E-state index in [0.29, 0.717) is 17.0 Å². The first-order valence-electron chi connectivity index (χ1n) is 6.29. The number of anilines is 1. The van der Waals surface area contributed by atoms with Gasteiger partial charge in [-0.3, -0.25) is 4.79 Å². The van der Waals surface area contributed by atoms with Crippen molar-refractivity contribution in [3.05, 3.63) is 23.8 Å². The topological polar surface area (TPSA) is 55.6 Å². The second-order valence-electron chi connectivity index (χ2n) is 5.33. The number of rotatable bonds is 2. The van der Waals surface area contributed by atoms with Gasteiger partial charge in [-0.15, -0.1) is 0 Å². The average molecular weight is 280 g/mol. The number of carbonyl (C=O) groups is 1. The molecule has 104 valence electrons. The van der Waals surface area contributed by atoms with Crippen molar-refractivity contribution in [2.24, 2.45) is 0 Å². The molecule has 0 radical (unpaired) electrons. The number of hydrogen-bond donors (Lipinski definition) is 1. The van der Waals surface area contributed by atoms with Crippen molar-refractivity contribution in [1.29, 1.82) is 0 Å². The van der Waals surface area contributed by atoms with Gasteiger partial charge in [-0.05, 0) is 26.0 Å². The van der Waals surface area contributed by atoms with Gasteiger partial charge in [-0.25, -0.2) is 0 Å². The SMILES string of the molecule is COc1cc(N)cc(C(=O)N2CCSC(C)(C)C2)c1. The summed E-state index contributed by atoms with van der Waals surface area (Å²) in [6, 6.07) is 5.17. The monoisotopic (exact) mass is 280 g/mol. The first-order chi connectivity index (χ1) is 8.91. The molecular weight excluding hydrogens is 260 g/mol. The second kappa shape index (κ2) is 5.33. The highest BCUT2D eigenvalue weighted by atomic mass is 32.2. The van der Waals surface area contributed by atoms with E-state index in [1.807, 2.05) is 16.7 Å². The summed E-state index contributed by atoms with van der Waals surface area (Å²) in [6.07, 6.45) is 0. The third-order valence-electron chi connectivity index (χ3n) is 3.12. The van der Waals surface area contributed by atoms with Gasteiger partial charge in [0.1, 0.15) is 5.75 Å². The lowest BCUT2D eigenvalue weighted by Crippen LogP contribution is -2.46. The van der Waals surface area contributed by atoms with Crippen LogP contribution in [0.2, 0.25) is 0 Å². The van der Waals surface area contributed by atoms with Gasteiger partial charge in [-0.2, -0.15) is 11.8 Å². The highest BCUT2D eigenvalue weighted by molar-refractivity contribution is 8.00. The number of amides is 1. The van der Waals surface area contributed by atoms with Gasteiger partial charge in [-0.1, -0.05) is 0 Å². The van der Waals surface area contributed by atoms with E-state index in [2.05, 4.69) is 13.8 Å². The highest BCUT2D eigenvalue weighted by Crippen LogP contribution is 2.30. The lowest BCUT2D eigenvalue weighted by molar-refractivity contribution is 0.0747. The molecule has 0 unspecified atom stereocenters. The zero-order chi connectivity index (χ0) is 14.0. The number of nitrogen functional groups attached to an aromatic ring is 1. The third kappa shape index (κ3) is 3.35. The minimum atomic E-state index is 0.0268. The summed E-state index contributed by atoms with van der Waals surface area (Å²) < 4.78 is 5.27. The first-order valence-corrected chi connectivity index (χ1v) is 7.28. The van der Waals surface area contributed by atoms with Crippen molar-refractivity contribution in [2.75, 3.05) is 31.7 Å². The van der Waals surface area contributed by atoms with Gasteiger partial charge >= 0.3 is 0 Å². The van der Waals surface area contributed by atoms with Crippen LogP contribution >= 0.6 is 11.8 Å². The van der Waals surface area contributed by atoms with Gasteiger partial charge in [0.2, 0.25) is 0 Å². The predicted molar refractivity (Wildman–Crippen MR) is 79.8 cm³/mol. The molecule has 0 aromatic heterocycles. The van der Waals surface area contributed by atoms with Crippen LogP contribution in [-0.2, 0) is 0 Å². The minimum absolute atomic E-state index is 0.0268. The molecule has 19 heavy (non-hydrogen) atoms. The molecule has 1 aromatic carbocycles. The van der Waals surface area contributed by atoms with Crippen LogP contribution in [-0.4, -0.2) is 41.5 Å². The van der Waals surface area contributed by atoms with E-state index in [-0.39, 0.29) is 10.7 Å². The molecule has 1 aliphatic heterocycles. The maximum absolute atomic E-state index is 12.5. The van der Waals surface area contributed by atoms with Crippen molar-refractivity contribution in [3.63, 3.8) is 0 Å². The fourth-order valence-electron chi connectivity index (χ4n) is 2.24. The Morgan fingerprint density at radius 1 is 1.42 bits per heavy atom. The summed E-state index contributed by atoms with van der Waals surface area (Å²) >= 11 is 1.90.